The van der Waals surface area contributed by atoms with Gasteiger partial charge in [0.1, 0.15) is 0 Å². The maximum absolute atomic E-state index is 13.2. The van der Waals surface area contributed by atoms with Gasteiger partial charge in [0.05, 0.1) is 17.4 Å². The van der Waals surface area contributed by atoms with Crippen LogP contribution in [0.15, 0.2) is 24.5 Å². The van der Waals surface area contributed by atoms with Gasteiger partial charge in [0.2, 0.25) is 0 Å². The van der Waals surface area contributed by atoms with Crippen LogP contribution < -0.4 is 0 Å². The number of imidazole rings is 1. The number of aromatic nitrogens is 2. The van der Waals surface area contributed by atoms with E-state index in [1.165, 1.54) is 45.2 Å². The quantitative estimate of drug-likeness (QED) is 0.853. The Morgan fingerprint density at radius 2 is 2.04 bits per heavy atom. The van der Waals surface area contributed by atoms with E-state index in [4.69, 9.17) is 0 Å². The second-order valence-electron chi connectivity index (χ2n) is 8.62. The third-order valence-corrected chi connectivity index (χ3v) is 6.80. The highest BCUT2D eigenvalue weighted by Gasteiger charge is 2.37. The van der Waals surface area contributed by atoms with Crippen LogP contribution in [-0.4, -0.2) is 57.5 Å². The molecule has 4 aliphatic rings. The largest absolute Gasteiger partial charge is 0.337 e. The molecule has 2 aromatic rings. The first kappa shape index (κ1) is 16.3. The topological polar surface area (TPSA) is 41.4 Å². The molecule has 1 aromatic heterocycles. The van der Waals surface area contributed by atoms with Crippen molar-refractivity contribution in [1.29, 1.82) is 0 Å². The van der Waals surface area contributed by atoms with E-state index >= 15 is 0 Å². The molecule has 138 valence electrons. The molecular formula is C21H28N4O. The van der Waals surface area contributed by atoms with Crippen molar-refractivity contribution in [2.45, 2.75) is 38.1 Å². The van der Waals surface area contributed by atoms with Gasteiger partial charge in [0, 0.05) is 44.8 Å². The Morgan fingerprint density at radius 1 is 1.15 bits per heavy atom. The summed E-state index contributed by atoms with van der Waals surface area (Å²) >= 11 is 0. The molecule has 1 aromatic carbocycles. The fourth-order valence-electron chi connectivity index (χ4n) is 5.03. The predicted octanol–water partition coefficient (Wildman–Crippen LogP) is 2.91. The molecule has 2 atom stereocenters. The van der Waals surface area contributed by atoms with Crippen LogP contribution in [0, 0.1) is 11.8 Å². The van der Waals surface area contributed by atoms with Crippen molar-refractivity contribution in [3.05, 3.63) is 30.1 Å². The van der Waals surface area contributed by atoms with Crippen molar-refractivity contribution in [3.8, 4) is 0 Å². The molecule has 1 amide bonds. The highest BCUT2D eigenvalue weighted by Crippen LogP contribution is 2.33. The minimum Gasteiger partial charge on any atom is -0.337 e. The molecule has 2 bridgehead atoms. The standard InChI is InChI=1S/C21H28N4O/c1-23-14-22-19-9-17(6-8-20(19)23)21(26)25-12-16-5-7-18(13-25)24(11-16)10-15-3-2-4-15/h6,8-9,14-16,18H,2-5,7,10-13H2,1H3/t16-,18-/m1/s1. The molecule has 3 saturated heterocycles. The fourth-order valence-corrected chi connectivity index (χ4v) is 5.03. The zero-order valence-corrected chi connectivity index (χ0v) is 15.6. The monoisotopic (exact) mass is 352 g/mol. The first-order chi connectivity index (χ1) is 12.7. The Morgan fingerprint density at radius 3 is 2.85 bits per heavy atom. The normalized spacial score (nSPS) is 26.9. The second kappa shape index (κ2) is 6.38. The fraction of sp³-hybridized carbons (Fsp3) is 0.619. The third-order valence-electron chi connectivity index (χ3n) is 6.80. The van der Waals surface area contributed by atoms with E-state index < -0.39 is 0 Å². The molecule has 0 N–H and O–H groups in total. The van der Waals surface area contributed by atoms with Gasteiger partial charge in [-0.15, -0.1) is 0 Å². The van der Waals surface area contributed by atoms with Crippen LogP contribution in [0.4, 0.5) is 0 Å². The van der Waals surface area contributed by atoms with Gasteiger partial charge in [-0.1, -0.05) is 6.42 Å². The molecule has 4 heterocycles. The number of carbonyl (C=O) groups is 1. The summed E-state index contributed by atoms with van der Waals surface area (Å²) in [5, 5.41) is 0. The van der Waals surface area contributed by atoms with Gasteiger partial charge < -0.3 is 9.47 Å². The Bertz CT molecular complexity index is 825. The summed E-state index contributed by atoms with van der Waals surface area (Å²) in [5.41, 5.74) is 2.76. The van der Waals surface area contributed by atoms with Crippen molar-refractivity contribution in [3.63, 3.8) is 0 Å². The van der Waals surface area contributed by atoms with Gasteiger partial charge in [-0.3, -0.25) is 9.69 Å². The smallest absolute Gasteiger partial charge is 0.253 e. The van der Waals surface area contributed by atoms with E-state index in [1.54, 1.807) is 0 Å². The summed E-state index contributed by atoms with van der Waals surface area (Å²) in [6.07, 6.45) is 8.55. The molecule has 1 aliphatic carbocycles. The number of rotatable bonds is 3. The molecular weight excluding hydrogens is 324 g/mol. The Hall–Kier alpha value is -1.88. The molecule has 4 fully saturated rings. The number of piperidine rings is 1. The van der Waals surface area contributed by atoms with Gasteiger partial charge in [-0.2, -0.15) is 0 Å². The van der Waals surface area contributed by atoms with Crippen LogP contribution in [0.2, 0.25) is 0 Å². The van der Waals surface area contributed by atoms with E-state index in [1.807, 2.05) is 36.1 Å². The van der Waals surface area contributed by atoms with Gasteiger partial charge in [-0.25, -0.2) is 4.98 Å². The van der Waals surface area contributed by atoms with E-state index in [-0.39, 0.29) is 5.91 Å². The van der Waals surface area contributed by atoms with Crippen molar-refractivity contribution >= 4 is 16.9 Å². The number of aryl methyl sites for hydroxylation is 1. The first-order valence-corrected chi connectivity index (χ1v) is 10.1. The predicted molar refractivity (Wildman–Crippen MR) is 102 cm³/mol. The van der Waals surface area contributed by atoms with Crippen LogP contribution in [-0.2, 0) is 7.05 Å². The molecule has 3 aliphatic heterocycles. The third kappa shape index (κ3) is 2.82. The molecule has 6 rings (SSSR count). The summed E-state index contributed by atoms with van der Waals surface area (Å²) < 4.78 is 1.99. The van der Waals surface area contributed by atoms with E-state index in [0.717, 1.165) is 35.6 Å². The number of nitrogens with zero attached hydrogens (tertiary/aromatic N) is 4. The summed E-state index contributed by atoms with van der Waals surface area (Å²) in [6, 6.07) is 6.49. The van der Waals surface area contributed by atoms with Crippen molar-refractivity contribution in [2.24, 2.45) is 18.9 Å². The van der Waals surface area contributed by atoms with Crippen molar-refractivity contribution in [1.82, 2.24) is 19.4 Å². The molecule has 1 saturated carbocycles. The lowest BCUT2D eigenvalue weighted by molar-refractivity contribution is 0.0717. The van der Waals surface area contributed by atoms with Crippen LogP contribution in [0.5, 0.6) is 0 Å². The maximum atomic E-state index is 13.2. The number of hydrogen-bond acceptors (Lipinski definition) is 3. The van der Waals surface area contributed by atoms with Crippen LogP contribution in [0.25, 0.3) is 11.0 Å². The minimum absolute atomic E-state index is 0.181. The van der Waals surface area contributed by atoms with Crippen LogP contribution in [0.3, 0.4) is 0 Å². The van der Waals surface area contributed by atoms with E-state index in [0.29, 0.717) is 12.0 Å². The lowest BCUT2D eigenvalue weighted by atomic mass is 9.83. The average molecular weight is 352 g/mol. The Balaban J connectivity index is 1.34. The summed E-state index contributed by atoms with van der Waals surface area (Å²) in [5.74, 6) is 1.72. The van der Waals surface area contributed by atoms with Crippen LogP contribution in [0.1, 0.15) is 42.5 Å². The molecule has 0 unspecified atom stereocenters. The number of fused-ring (bicyclic) bond motifs is 5. The van der Waals surface area contributed by atoms with Gasteiger partial charge in [0.25, 0.3) is 5.91 Å². The van der Waals surface area contributed by atoms with Gasteiger partial charge in [-0.05, 0) is 55.7 Å². The maximum Gasteiger partial charge on any atom is 0.253 e. The molecule has 0 radical (unpaired) electrons. The number of carbonyl (C=O) groups excluding carboxylic acids is 1. The molecule has 0 spiro atoms. The van der Waals surface area contributed by atoms with Gasteiger partial charge >= 0.3 is 0 Å². The molecule has 26 heavy (non-hydrogen) atoms. The summed E-state index contributed by atoms with van der Waals surface area (Å²) in [7, 11) is 1.99. The zero-order chi connectivity index (χ0) is 17.7. The average Bonchev–Trinajstić information content (AvgIpc) is 2.80. The highest BCUT2D eigenvalue weighted by molar-refractivity contribution is 5.97. The Labute approximate surface area is 155 Å². The van der Waals surface area contributed by atoms with E-state index in [9.17, 15) is 4.79 Å². The number of benzene rings is 1. The second-order valence-corrected chi connectivity index (χ2v) is 8.62. The number of amides is 1. The summed E-state index contributed by atoms with van der Waals surface area (Å²) in [6.45, 7) is 4.24. The molecule has 5 nitrogen and oxygen atoms in total. The summed E-state index contributed by atoms with van der Waals surface area (Å²) in [4.78, 5) is 22.4. The van der Waals surface area contributed by atoms with Gasteiger partial charge in [0.15, 0.2) is 0 Å². The first-order valence-electron chi connectivity index (χ1n) is 10.1. The van der Waals surface area contributed by atoms with E-state index in [2.05, 4.69) is 14.8 Å². The SMILES string of the molecule is Cn1cnc2cc(C(=O)N3C[C@@H]4CC[C@H](C3)N(CC3CCC3)C4)ccc21. The van der Waals surface area contributed by atoms with Crippen LogP contribution >= 0.6 is 0 Å². The zero-order valence-electron chi connectivity index (χ0n) is 15.6. The number of hydrogen-bond donors (Lipinski definition) is 0. The highest BCUT2D eigenvalue weighted by atomic mass is 16.2. The lowest BCUT2D eigenvalue weighted by Gasteiger charge is -2.40. The lowest BCUT2D eigenvalue weighted by Crippen LogP contribution is -2.47. The van der Waals surface area contributed by atoms with Crippen molar-refractivity contribution in [2.75, 3.05) is 26.2 Å². The Kier molecular flexibility index (Phi) is 4.00. The molecule has 5 heteroatoms. The minimum atomic E-state index is 0.181. The van der Waals surface area contributed by atoms with Crippen molar-refractivity contribution < 1.29 is 4.79 Å².